The first-order valence-electron chi connectivity index (χ1n) is 12.9. The number of carbonyl (C=O) groups excluding carboxylic acids is 2. The molecule has 3 aromatic carbocycles. The first kappa shape index (κ1) is 25.6. The van der Waals surface area contributed by atoms with Crippen LogP contribution in [0.4, 0.5) is 16.2 Å². The number of anilines is 2. The Balaban J connectivity index is 1.52. The van der Waals surface area contributed by atoms with E-state index < -0.39 is 6.04 Å². The van der Waals surface area contributed by atoms with Gasteiger partial charge in [0.05, 0.1) is 17.1 Å². The highest BCUT2D eigenvalue weighted by Crippen LogP contribution is 2.42. The second-order valence-corrected chi connectivity index (χ2v) is 10.1. The van der Waals surface area contributed by atoms with Gasteiger partial charge in [-0.05, 0) is 73.9 Å². The number of aromatic nitrogens is 1. The molecule has 0 spiro atoms. The molecule has 4 aromatic rings. The van der Waals surface area contributed by atoms with E-state index in [-0.39, 0.29) is 24.5 Å². The highest BCUT2D eigenvalue weighted by molar-refractivity contribution is 6.30. The van der Waals surface area contributed by atoms with Crippen LogP contribution in [0.15, 0.2) is 91.1 Å². The monoisotopic (exact) mass is 526 g/mol. The Bertz CT molecular complexity index is 1480. The molecule has 5 rings (SSSR count). The molecule has 1 N–H and O–H groups in total. The number of halogens is 1. The molecule has 1 aliphatic rings. The van der Waals surface area contributed by atoms with Gasteiger partial charge in [-0.1, -0.05) is 61.0 Å². The molecule has 1 aliphatic heterocycles. The Labute approximate surface area is 228 Å². The van der Waals surface area contributed by atoms with Crippen molar-refractivity contribution in [2.75, 3.05) is 16.8 Å². The number of hydrogen-bond donors (Lipinski definition) is 1. The Morgan fingerprint density at radius 1 is 0.947 bits per heavy atom. The van der Waals surface area contributed by atoms with Crippen LogP contribution >= 0.6 is 11.6 Å². The van der Waals surface area contributed by atoms with Gasteiger partial charge in [0.15, 0.2) is 0 Å². The number of benzene rings is 3. The summed E-state index contributed by atoms with van der Waals surface area (Å²) in [7, 11) is 0. The molecule has 0 bridgehead atoms. The normalized spacial score (nSPS) is 14.1. The van der Waals surface area contributed by atoms with E-state index in [1.54, 1.807) is 9.80 Å². The fraction of sp³-hybridized carbons (Fsp3) is 0.226. The van der Waals surface area contributed by atoms with Gasteiger partial charge in [-0.15, -0.1) is 0 Å². The summed E-state index contributed by atoms with van der Waals surface area (Å²) in [4.78, 5) is 31.1. The van der Waals surface area contributed by atoms with Crippen molar-refractivity contribution >= 4 is 34.9 Å². The smallest absolute Gasteiger partial charge is 0.316 e. The Kier molecular flexibility index (Phi) is 7.25. The van der Waals surface area contributed by atoms with Gasteiger partial charge in [-0.3, -0.25) is 9.69 Å². The number of carbonyl (C=O) groups is 2. The first-order chi connectivity index (χ1) is 18.4. The largest absolute Gasteiger partial charge is 0.322 e. The van der Waals surface area contributed by atoms with Crippen molar-refractivity contribution in [3.8, 4) is 5.69 Å². The number of nitrogens with zero attached hydrogens (tertiary/aromatic N) is 3. The van der Waals surface area contributed by atoms with E-state index in [1.807, 2.05) is 112 Å². The van der Waals surface area contributed by atoms with Gasteiger partial charge in [0.1, 0.15) is 12.6 Å². The molecule has 7 heteroatoms. The van der Waals surface area contributed by atoms with Crippen molar-refractivity contribution in [2.24, 2.45) is 0 Å². The fourth-order valence-corrected chi connectivity index (χ4v) is 5.30. The van der Waals surface area contributed by atoms with Gasteiger partial charge < -0.3 is 14.8 Å². The third-order valence-corrected chi connectivity index (χ3v) is 7.22. The lowest BCUT2D eigenvalue weighted by Gasteiger charge is -2.40. The van der Waals surface area contributed by atoms with Crippen LogP contribution in [0.5, 0.6) is 0 Å². The molecule has 0 fully saturated rings. The molecule has 1 atom stereocenters. The number of aryl methyl sites for hydroxylation is 1. The van der Waals surface area contributed by atoms with Gasteiger partial charge in [0.25, 0.3) is 0 Å². The minimum Gasteiger partial charge on any atom is -0.316 e. The summed E-state index contributed by atoms with van der Waals surface area (Å²) in [6.45, 7) is 5.81. The van der Waals surface area contributed by atoms with Gasteiger partial charge in [0, 0.05) is 22.9 Å². The standard InChI is InChI=1S/C31H31ClN4O2/c1-4-22-11-5-6-14-25(22)33-31(38)35(21(2)3)20-29(37)36-27-16-8-7-15-26(27)34-18-10-17-28(34)30(36)23-12-9-13-24(32)19-23/h5-19,21,30H,4,20H2,1-3H3,(H,33,38)/t30-/m1/s1. The molecule has 2 heterocycles. The number of nitrogens with one attached hydrogen (secondary N) is 1. The SMILES string of the molecule is CCc1ccccc1NC(=O)N(CC(=O)N1c2ccccc2-n2cccc2[C@H]1c1cccc(Cl)c1)C(C)C. The van der Waals surface area contributed by atoms with E-state index in [0.29, 0.717) is 5.02 Å². The number of urea groups is 1. The first-order valence-corrected chi connectivity index (χ1v) is 13.3. The van der Waals surface area contributed by atoms with E-state index in [0.717, 1.165) is 40.3 Å². The third kappa shape index (κ3) is 4.79. The highest BCUT2D eigenvalue weighted by Gasteiger charge is 2.37. The average molecular weight is 527 g/mol. The summed E-state index contributed by atoms with van der Waals surface area (Å²) in [6.07, 6.45) is 2.80. The number of amides is 3. The van der Waals surface area contributed by atoms with Crippen molar-refractivity contribution in [3.63, 3.8) is 0 Å². The summed E-state index contributed by atoms with van der Waals surface area (Å²) in [5, 5.41) is 3.63. The summed E-state index contributed by atoms with van der Waals surface area (Å²) >= 11 is 6.39. The van der Waals surface area contributed by atoms with Crippen LogP contribution in [0.25, 0.3) is 5.69 Å². The molecule has 3 amide bonds. The summed E-state index contributed by atoms with van der Waals surface area (Å²) in [6, 6.07) is 26.3. The predicted octanol–water partition coefficient (Wildman–Crippen LogP) is 7.07. The van der Waals surface area contributed by atoms with Gasteiger partial charge in [-0.25, -0.2) is 4.79 Å². The molecule has 0 saturated carbocycles. The number of fused-ring (bicyclic) bond motifs is 3. The zero-order valence-electron chi connectivity index (χ0n) is 21.8. The molecule has 1 aromatic heterocycles. The van der Waals surface area contributed by atoms with Crippen molar-refractivity contribution in [1.29, 1.82) is 0 Å². The van der Waals surface area contributed by atoms with Crippen LogP contribution in [0.3, 0.4) is 0 Å². The minimum absolute atomic E-state index is 0.0795. The van der Waals surface area contributed by atoms with Crippen LogP contribution in [0, 0.1) is 0 Å². The second kappa shape index (κ2) is 10.8. The van der Waals surface area contributed by atoms with E-state index in [9.17, 15) is 9.59 Å². The van der Waals surface area contributed by atoms with Crippen LogP contribution in [-0.4, -0.2) is 34.0 Å². The van der Waals surface area contributed by atoms with Gasteiger partial charge in [-0.2, -0.15) is 0 Å². The van der Waals surface area contributed by atoms with E-state index in [2.05, 4.69) is 9.88 Å². The van der Waals surface area contributed by atoms with E-state index >= 15 is 0 Å². The maximum Gasteiger partial charge on any atom is 0.322 e. The van der Waals surface area contributed by atoms with Crippen molar-refractivity contribution < 1.29 is 9.59 Å². The lowest BCUT2D eigenvalue weighted by atomic mass is 9.97. The Morgan fingerprint density at radius 2 is 1.68 bits per heavy atom. The minimum atomic E-state index is -0.399. The maximum absolute atomic E-state index is 14.2. The molecule has 0 unspecified atom stereocenters. The molecule has 0 radical (unpaired) electrons. The molecule has 194 valence electrons. The molecular formula is C31H31ClN4O2. The summed E-state index contributed by atoms with van der Waals surface area (Å²) in [5.74, 6) is -0.178. The zero-order valence-corrected chi connectivity index (χ0v) is 22.5. The zero-order chi connectivity index (χ0) is 26.8. The summed E-state index contributed by atoms with van der Waals surface area (Å²) < 4.78 is 2.11. The van der Waals surface area contributed by atoms with Crippen molar-refractivity contribution in [2.45, 2.75) is 39.3 Å². The average Bonchev–Trinajstić information content (AvgIpc) is 3.41. The molecule has 6 nitrogen and oxygen atoms in total. The van der Waals surface area contributed by atoms with Crippen molar-refractivity contribution in [3.05, 3.63) is 113 Å². The second-order valence-electron chi connectivity index (χ2n) is 9.68. The lowest BCUT2D eigenvalue weighted by Crippen LogP contribution is -2.49. The van der Waals surface area contributed by atoms with Crippen molar-refractivity contribution in [1.82, 2.24) is 9.47 Å². The molecule has 0 aliphatic carbocycles. The van der Waals surface area contributed by atoms with Crippen LogP contribution in [-0.2, 0) is 11.2 Å². The molecule has 38 heavy (non-hydrogen) atoms. The van der Waals surface area contributed by atoms with Crippen LogP contribution in [0.1, 0.15) is 43.6 Å². The summed E-state index contributed by atoms with van der Waals surface area (Å²) in [5.41, 5.74) is 5.36. The maximum atomic E-state index is 14.2. The van der Waals surface area contributed by atoms with E-state index in [4.69, 9.17) is 11.6 Å². The predicted molar refractivity (Wildman–Crippen MR) is 153 cm³/mol. The van der Waals surface area contributed by atoms with Gasteiger partial charge >= 0.3 is 6.03 Å². The number of rotatable bonds is 6. The Hall–Kier alpha value is -4.03. The quantitative estimate of drug-likeness (QED) is 0.292. The number of hydrogen-bond acceptors (Lipinski definition) is 2. The Morgan fingerprint density at radius 3 is 2.42 bits per heavy atom. The lowest BCUT2D eigenvalue weighted by molar-refractivity contribution is -0.119. The van der Waals surface area contributed by atoms with Crippen LogP contribution in [0.2, 0.25) is 5.02 Å². The third-order valence-electron chi connectivity index (χ3n) is 6.98. The van der Waals surface area contributed by atoms with E-state index in [1.165, 1.54) is 0 Å². The molecule has 0 saturated heterocycles. The van der Waals surface area contributed by atoms with Crippen LogP contribution < -0.4 is 10.2 Å². The fourth-order valence-electron chi connectivity index (χ4n) is 5.10. The molecular weight excluding hydrogens is 496 g/mol. The number of para-hydroxylation sites is 3. The topological polar surface area (TPSA) is 57.6 Å². The van der Waals surface area contributed by atoms with Gasteiger partial charge in [0.2, 0.25) is 5.91 Å². The highest BCUT2D eigenvalue weighted by atomic mass is 35.5.